The van der Waals surface area contributed by atoms with E-state index >= 15 is 0 Å². The SMILES string of the molecule is OCCc1cc(F)ncc1Br. The molecule has 0 atom stereocenters. The van der Waals surface area contributed by atoms with Gasteiger partial charge in [0.05, 0.1) is 0 Å². The molecular formula is C7H7BrFNO. The Kier molecular flexibility index (Phi) is 2.96. The van der Waals surface area contributed by atoms with E-state index < -0.39 is 5.95 Å². The van der Waals surface area contributed by atoms with Gasteiger partial charge in [-0.05, 0) is 34.0 Å². The summed E-state index contributed by atoms with van der Waals surface area (Å²) in [5.74, 6) is -0.517. The minimum absolute atomic E-state index is 0.0159. The summed E-state index contributed by atoms with van der Waals surface area (Å²) in [6, 6.07) is 1.31. The third kappa shape index (κ3) is 2.24. The summed E-state index contributed by atoms with van der Waals surface area (Å²) in [5.41, 5.74) is 0.736. The van der Waals surface area contributed by atoms with Crippen molar-refractivity contribution >= 4 is 15.9 Å². The third-order valence-corrected chi connectivity index (χ3v) is 2.00. The molecule has 0 spiro atoms. The molecule has 1 heterocycles. The topological polar surface area (TPSA) is 33.1 Å². The van der Waals surface area contributed by atoms with Crippen molar-refractivity contribution in [2.75, 3.05) is 6.61 Å². The number of aromatic nitrogens is 1. The minimum Gasteiger partial charge on any atom is -0.396 e. The molecule has 0 saturated heterocycles. The fourth-order valence-corrected chi connectivity index (χ4v) is 1.18. The number of pyridine rings is 1. The van der Waals surface area contributed by atoms with Crippen LogP contribution in [0.15, 0.2) is 16.7 Å². The van der Waals surface area contributed by atoms with Gasteiger partial charge in [0.15, 0.2) is 0 Å². The Balaban J connectivity index is 2.93. The average molecular weight is 220 g/mol. The first-order chi connectivity index (χ1) is 5.24. The van der Waals surface area contributed by atoms with Crippen LogP contribution in [0.3, 0.4) is 0 Å². The van der Waals surface area contributed by atoms with Crippen LogP contribution in [0.5, 0.6) is 0 Å². The van der Waals surface area contributed by atoms with Crippen LogP contribution in [-0.2, 0) is 6.42 Å². The lowest BCUT2D eigenvalue weighted by Crippen LogP contribution is -1.94. The summed E-state index contributed by atoms with van der Waals surface area (Å²) in [7, 11) is 0. The number of rotatable bonds is 2. The van der Waals surface area contributed by atoms with Gasteiger partial charge in [-0.25, -0.2) is 4.98 Å². The zero-order valence-electron chi connectivity index (χ0n) is 5.72. The first kappa shape index (κ1) is 8.62. The van der Waals surface area contributed by atoms with Gasteiger partial charge in [0, 0.05) is 17.3 Å². The zero-order valence-corrected chi connectivity index (χ0v) is 7.31. The van der Waals surface area contributed by atoms with Gasteiger partial charge < -0.3 is 5.11 Å². The van der Waals surface area contributed by atoms with Crippen LogP contribution in [0.4, 0.5) is 4.39 Å². The van der Waals surface area contributed by atoms with Crippen molar-refractivity contribution in [3.8, 4) is 0 Å². The summed E-state index contributed by atoms with van der Waals surface area (Å²) in [5, 5.41) is 8.57. The Morgan fingerprint density at radius 3 is 3.00 bits per heavy atom. The van der Waals surface area contributed by atoms with Crippen molar-refractivity contribution in [1.82, 2.24) is 4.98 Å². The van der Waals surface area contributed by atoms with Gasteiger partial charge >= 0.3 is 0 Å². The monoisotopic (exact) mass is 219 g/mol. The van der Waals surface area contributed by atoms with E-state index in [1.807, 2.05) is 0 Å². The maximum Gasteiger partial charge on any atom is 0.213 e. The Hall–Kier alpha value is -0.480. The Bertz CT molecular complexity index is 254. The van der Waals surface area contributed by atoms with Crippen LogP contribution in [-0.4, -0.2) is 16.7 Å². The average Bonchev–Trinajstić information content (AvgIpc) is 1.98. The van der Waals surface area contributed by atoms with Crippen LogP contribution in [0.25, 0.3) is 0 Å². The molecule has 0 aliphatic rings. The second-order valence-electron chi connectivity index (χ2n) is 2.07. The lowest BCUT2D eigenvalue weighted by atomic mass is 10.2. The molecule has 0 saturated carbocycles. The molecule has 0 aliphatic carbocycles. The van der Waals surface area contributed by atoms with Gasteiger partial charge in [0.25, 0.3) is 0 Å². The first-order valence-corrected chi connectivity index (χ1v) is 3.94. The largest absolute Gasteiger partial charge is 0.396 e. The van der Waals surface area contributed by atoms with E-state index in [9.17, 15) is 4.39 Å². The molecule has 0 radical (unpaired) electrons. The highest BCUT2D eigenvalue weighted by atomic mass is 79.9. The van der Waals surface area contributed by atoms with Crippen LogP contribution in [0, 0.1) is 5.95 Å². The number of nitrogens with zero attached hydrogens (tertiary/aromatic N) is 1. The van der Waals surface area contributed by atoms with E-state index in [1.54, 1.807) is 0 Å². The molecule has 0 amide bonds. The highest BCUT2D eigenvalue weighted by Crippen LogP contribution is 2.15. The smallest absolute Gasteiger partial charge is 0.213 e. The number of aliphatic hydroxyl groups is 1. The molecule has 1 aromatic rings. The van der Waals surface area contributed by atoms with Gasteiger partial charge in [-0.3, -0.25) is 0 Å². The van der Waals surface area contributed by atoms with Crippen LogP contribution < -0.4 is 0 Å². The van der Waals surface area contributed by atoms with Gasteiger partial charge in [-0.15, -0.1) is 0 Å². The maximum absolute atomic E-state index is 12.5. The van der Waals surface area contributed by atoms with Gasteiger partial charge in [0.2, 0.25) is 5.95 Å². The molecule has 0 bridgehead atoms. The van der Waals surface area contributed by atoms with Crippen molar-refractivity contribution in [3.63, 3.8) is 0 Å². The number of halogens is 2. The number of aliphatic hydroxyl groups excluding tert-OH is 1. The number of hydrogen-bond donors (Lipinski definition) is 1. The molecule has 1 rings (SSSR count). The highest BCUT2D eigenvalue weighted by Gasteiger charge is 2.00. The zero-order chi connectivity index (χ0) is 8.27. The molecule has 60 valence electrons. The van der Waals surface area contributed by atoms with E-state index in [0.29, 0.717) is 6.42 Å². The molecule has 1 aromatic heterocycles. The van der Waals surface area contributed by atoms with Gasteiger partial charge in [-0.2, -0.15) is 4.39 Å². The molecule has 0 fully saturated rings. The van der Waals surface area contributed by atoms with Crippen molar-refractivity contribution < 1.29 is 9.50 Å². The van der Waals surface area contributed by atoms with Crippen molar-refractivity contribution in [1.29, 1.82) is 0 Å². The lowest BCUT2D eigenvalue weighted by Gasteiger charge is -1.99. The summed E-state index contributed by atoms with van der Waals surface area (Å²) >= 11 is 3.19. The first-order valence-electron chi connectivity index (χ1n) is 3.15. The van der Waals surface area contributed by atoms with Crippen molar-refractivity contribution in [2.24, 2.45) is 0 Å². The summed E-state index contributed by atoms with van der Waals surface area (Å²) in [6.07, 6.45) is 1.83. The van der Waals surface area contributed by atoms with E-state index in [1.165, 1.54) is 12.3 Å². The van der Waals surface area contributed by atoms with Crippen molar-refractivity contribution in [3.05, 3.63) is 28.2 Å². The van der Waals surface area contributed by atoms with Crippen LogP contribution >= 0.6 is 15.9 Å². The minimum atomic E-state index is -0.517. The van der Waals surface area contributed by atoms with E-state index in [2.05, 4.69) is 20.9 Å². The molecule has 0 aromatic carbocycles. The van der Waals surface area contributed by atoms with E-state index in [0.717, 1.165) is 10.0 Å². The molecule has 0 aliphatic heterocycles. The normalized spacial score (nSPS) is 10.1. The fraction of sp³-hybridized carbons (Fsp3) is 0.286. The molecule has 0 unspecified atom stereocenters. The predicted octanol–water partition coefficient (Wildman–Crippen LogP) is 1.52. The molecule has 1 N–H and O–H groups in total. The fourth-order valence-electron chi connectivity index (χ4n) is 0.763. The Morgan fingerprint density at radius 1 is 1.64 bits per heavy atom. The summed E-state index contributed by atoms with van der Waals surface area (Å²) < 4.78 is 13.2. The van der Waals surface area contributed by atoms with Gasteiger partial charge in [0.1, 0.15) is 0 Å². The maximum atomic E-state index is 12.5. The summed E-state index contributed by atoms with van der Waals surface area (Å²) in [4.78, 5) is 3.43. The summed E-state index contributed by atoms with van der Waals surface area (Å²) in [6.45, 7) is 0.0159. The third-order valence-electron chi connectivity index (χ3n) is 1.28. The molecule has 11 heavy (non-hydrogen) atoms. The van der Waals surface area contributed by atoms with Crippen LogP contribution in [0.2, 0.25) is 0 Å². The van der Waals surface area contributed by atoms with Gasteiger partial charge in [-0.1, -0.05) is 0 Å². The second-order valence-corrected chi connectivity index (χ2v) is 2.93. The second kappa shape index (κ2) is 3.78. The van der Waals surface area contributed by atoms with Crippen LogP contribution in [0.1, 0.15) is 5.56 Å². The van der Waals surface area contributed by atoms with Crippen molar-refractivity contribution in [2.45, 2.75) is 6.42 Å². The quantitative estimate of drug-likeness (QED) is 0.766. The highest BCUT2D eigenvalue weighted by molar-refractivity contribution is 9.10. The Morgan fingerprint density at radius 2 is 2.36 bits per heavy atom. The standard InChI is InChI=1S/C7H7BrFNO/c8-6-4-10-7(9)3-5(6)1-2-11/h3-4,11H,1-2H2. The Labute approximate surface area is 72.2 Å². The van der Waals surface area contributed by atoms with E-state index in [-0.39, 0.29) is 6.61 Å². The molecular weight excluding hydrogens is 213 g/mol. The molecule has 4 heteroatoms. The lowest BCUT2D eigenvalue weighted by molar-refractivity contribution is 0.299. The predicted molar refractivity (Wildman–Crippen MR) is 42.7 cm³/mol. The van der Waals surface area contributed by atoms with E-state index in [4.69, 9.17) is 5.11 Å². The molecule has 2 nitrogen and oxygen atoms in total. The number of hydrogen-bond acceptors (Lipinski definition) is 2.